The maximum atomic E-state index is 12.6. The minimum atomic E-state index is -0.320. The standard InChI is InChI=1S/C22H21N3O4S/c1-25(14-20(26)23-17-5-3-6-18(13-17)29-2)22(28)15-8-10-16(11-9-15)24-21(27)19-7-4-12-30-19/h3-13H,14H2,1-2H3,(H,23,26)(H,24,27). The van der Waals surface area contributed by atoms with Gasteiger partial charge in [-0.1, -0.05) is 12.1 Å². The number of anilines is 2. The van der Waals surface area contributed by atoms with Gasteiger partial charge in [0, 0.05) is 30.1 Å². The molecule has 154 valence electrons. The van der Waals surface area contributed by atoms with Gasteiger partial charge in [-0.25, -0.2) is 0 Å². The van der Waals surface area contributed by atoms with Gasteiger partial charge in [0.2, 0.25) is 5.91 Å². The van der Waals surface area contributed by atoms with Gasteiger partial charge < -0.3 is 20.3 Å². The van der Waals surface area contributed by atoms with Crippen molar-refractivity contribution in [3.8, 4) is 5.75 Å². The monoisotopic (exact) mass is 423 g/mol. The highest BCUT2D eigenvalue weighted by Gasteiger charge is 2.16. The summed E-state index contributed by atoms with van der Waals surface area (Å²) in [6.07, 6.45) is 0. The van der Waals surface area contributed by atoms with E-state index in [9.17, 15) is 14.4 Å². The second kappa shape index (κ2) is 9.71. The zero-order valence-electron chi connectivity index (χ0n) is 16.5. The summed E-state index contributed by atoms with van der Waals surface area (Å²) in [5.74, 6) is -0.190. The molecule has 0 radical (unpaired) electrons. The Bertz CT molecular complexity index is 1030. The number of hydrogen-bond donors (Lipinski definition) is 2. The van der Waals surface area contributed by atoms with Crippen molar-refractivity contribution >= 4 is 40.4 Å². The van der Waals surface area contributed by atoms with Crippen LogP contribution in [0.15, 0.2) is 66.0 Å². The number of benzene rings is 2. The number of thiophene rings is 1. The van der Waals surface area contributed by atoms with E-state index in [1.54, 1.807) is 68.8 Å². The molecule has 0 aliphatic carbocycles. The van der Waals surface area contributed by atoms with Gasteiger partial charge in [-0.05, 0) is 47.8 Å². The number of methoxy groups -OCH3 is 1. The van der Waals surface area contributed by atoms with Gasteiger partial charge in [0.1, 0.15) is 5.75 Å². The molecule has 1 heterocycles. The molecule has 0 atom stereocenters. The highest BCUT2D eigenvalue weighted by atomic mass is 32.1. The zero-order valence-corrected chi connectivity index (χ0v) is 17.4. The number of carbonyl (C=O) groups is 3. The molecule has 1 aromatic heterocycles. The normalized spacial score (nSPS) is 10.2. The third-order valence-electron chi connectivity index (χ3n) is 4.22. The third-order valence-corrected chi connectivity index (χ3v) is 5.08. The topological polar surface area (TPSA) is 87.7 Å². The van der Waals surface area contributed by atoms with E-state index in [0.29, 0.717) is 27.6 Å². The second-order valence-corrected chi connectivity index (χ2v) is 7.40. The first kappa shape index (κ1) is 21.1. The average Bonchev–Trinajstić information content (AvgIpc) is 3.29. The molecule has 30 heavy (non-hydrogen) atoms. The lowest BCUT2D eigenvalue weighted by Crippen LogP contribution is -2.34. The predicted octanol–water partition coefficient (Wildman–Crippen LogP) is 3.72. The summed E-state index contributed by atoms with van der Waals surface area (Å²) in [7, 11) is 3.10. The first-order valence-electron chi connectivity index (χ1n) is 9.10. The number of likely N-dealkylation sites (N-methyl/N-ethyl adjacent to an activating group) is 1. The fourth-order valence-electron chi connectivity index (χ4n) is 2.71. The van der Waals surface area contributed by atoms with E-state index in [0.717, 1.165) is 0 Å². The van der Waals surface area contributed by atoms with Gasteiger partial charge in [-0.2, -0.15) is 0 Å². The van der Waals surface area contributed by atoms with Crippen molar-refractivity contribution < 1.29 is 19.1 Å². The smallest absolute Gasteiger partial charge is 0.265 e. The van der Waals surface area contributed by atoms with Gasteiger partial charge in [0.25, 0.3) is 11.8 Å². The number of amides is 3. The van der Waals surface area contributed by atoms with Crippen LogP contribution in [0.4, 0.5) is 11.4 Å². The molecule has 8 heteroatoms. The molecule has 3 aromatic rings. The van der Waals surface area contributed by atoms with E-state index in [1.807, 2.05) is 11.4 Å². The van der Waals surface area contributed by atoms with Crippen LogP contribution in [-0.4, -0.2) is 43.3 Å². The van der Waals surface area contributed by atoms with Crippen LogP contribution >= 0.6 is 11.3 Å². The summed E-state index contributed by atoms with van der Waals surface area (Å²) >= 11 is 1.35. The maximum Gasteiger partial charge on any atom is 0.265 e. The summed E-state index contributed by atoms with van der Waals surface area (Å²) < 4.78 is 5.13. The zero-order chi connectivity index (χ0) is 21.5. The van der Waals surface area contributed by atoms with Gasteiger partial charge in [-0.3, -0.25) is 14.4 Å². The Balaban J connectivity index is 1.56. The lowest BCUT2D eigenvalue weighted by atomic mass is 10.2. The van der Waals surface area contributed by atoms with Crippen molar-refractivity contribution in [2.75, 3.05) is 31.3 Å². The van der Waals surface area contributed by atoms with E-state index in [-0.39, 0.29) is 24.3 Å². The number of nitrogens with one attached hydrogen (secondary N) is 2. The fraction of sp³-hybridized carbons (Fsp3) is 0.136. The highest BCUT2D eigenvalue weighted by molar-refractivity contribution is 7.12. The van der Waals surface area contributed by atoms with E-state index >= 15 is 0 Å². The quantitative estimate of drug-likeness (QED) is 0.606. The van der Waals surface area contributed by atoms with Crippen molar-refractivity contribution in [2.45, 2.75) is 0 Å². The van der Waals surface area contributed by atoms with Crippen molar-refractivity contribution in [2.24, 2.45) is 0 Å². The summed E-state index contributed by atoms with van der Waals surface area (Å²) in [4.78, 5) is 38.9. The molecule has 3 amide bonds. The molecule has 7 nitrogen and oxygen atoms in total. The Labute approximate surface area is 178 Å². The molecule has 0 bridgehead atoms. The van der Waals surface area contributed by atoms with Crippen LogP contribution in [0.3, 0.4) is 0 Å². The summed E-state index contributed by atoms with van der Waals surface area (Å²) in [6.45, 7) is -0.104. The van der Waals surface area contributed by atoms with Gasteiger partial charge in [-0.15, -0.1) is 11.3 Å². The highest BCUT2D eigenvalue weighted by Crippen LogP contribution is 2.17. The fourth-order valence-corrected chi connectivity index (χ4v) is 3.32. The van der Waals surface area contributed by atoms with Crippen LogP contribution in [0.5, 0.6) is 5.75 Å². The van der Waals surface area contributed by atoms with Crippen LogP contribution in [0, 0.1) is 0 Å². The number of rotatable bonds is 7. The molecule has 0 fully saturated rings. The van der Waals surface area contributed by atoms with Crippen molar-refractivity contribution in [3.05, 3.63) is 76.5 Å². The first-order valence-corrected chi connectivity index (χ1v) is 9.98. The molecule has 0 aliphatic heterocycles. The minimum absolute atomic E-state index is 0.104. The van der Waals surface area contributed by atoms with E-state index in [2.05, 4.69) is 10.6 Å². The van der Waals surface area contributed by atoms with Gasteiger partial charge in [0.15, 0.2) is 0 Å². The molecule has 0 unspecified atom stereocenters. The Morgan fingerprint density at radius 3 is 2.40 bits per heavy atom. The Morgan fingerprint density at radius 2 is 1.73 bits per heavy atom. The van der Waals surface area contributed by atoms with Crippen molar-refractivity contribution in [1.82, 2.24) is 4.90 Å². The average molecular weight is 423 g/mol. The van der Waals surface area contributed by atoms with Crippen molar-refractivity contribution in [1.29, 1.82) is 0 Å². The summed E-state index contributed by atoms with van der Waals surface area (Å²) in [6, 6.07) is 17.1. The Kier molecular flexibility index (Phi) is 6.82. The van der Waals surface area contributed by atoms with E-state index < -0.39 is 0 Å². The van der Waals surface area contributed by atoms with Crippen LogP contribution in [0.25, 0.3) is 0 Å². The van der Waals surface area contributed by atoms with Crippen molar-refractivity contribution in [3.63, 3.8) is 0 Å². The van der Waals surface area contributed by atoms with Gasteiger partial charge >= 0.3 is 0 Å². The lowest BCUT2D eigenvalue weighted by molar-refractivity contribution is -0.116. The molecule has 2 aromatic carbocycles. The molecule has 0 aliphatic rings. The third kappa shape index (κ3) is 5.45. The van der Waals surface area contributed by atoms with Gasteiger partial charge in [0.05, 0.1) is 18.5 Å². The number of carbonyl (C=O) groups excluding carboxylic acids is 3. The van der Waals surface area contributed by atoms with Crippen LogP contribution in [0.1, 0.15) is 20.0 Å². The SMILES string of the molecule is COc1cccc(NC(=O)CN(C)C(=O)c2ccc(NC(=O)c3cccs3)cc2)c1. The van der Waals surface area contributed by atoms with Crippen LogP contribution in [-0.2, 0) is 4.79 Å². The Hall–Kier alpha value is -3.65. The van der Waals surface area contributed by atoms with Crippen LogP contribution in [0.2, 0.25) is 0 Å². The lowest BCUT2D eigenvalue weighted by Gasteiger charge is -2.17. The molecular formula is C22H21N3O4S. The first-order chi connectivity index (χ1) is 14.5. The number of hydrogen-bond acceptors (Lipinski definition) is 5. The number of nitrogens with zero attached hydrogens (tertiary/aromatic N) is 1. The van der Waals surface area contributed by atoms with E-state index in [1.165, 1.54) is 16.2 Å². The molecule has 0 saturated carbocycles. The molecule has 2 N–H and O–H groups in total. The minimum Gasteiger partial charge on any atom is -0.497 e. The molecule has 0 spiro atoms. The molecular weight excluding hydrogens is 402 g/mol. The number of ether oxygens (including phenoxy) is 1. The van der Waals surface area contributed by atoms with Crippen LogP contribution < -0.4 is 15.4 Å². The maximum absolute atomic E-state index is 12.6. The summed E-state index contributed by atoms with van der Waals surface area (Å²) in [5.41, 5.74) is 1.59. The predicted molar refractivity (Wildman–Crippen MR) is 117 cm³/mol. The molecule has 3 rings (SSSR count). The molecule has 0 saturated heterocycles. The second-order valence-electron chi connectivity index (χ2n) is 6.45. The van der Waals surface area contributed by atoms with E-state index in [4.69, 9.17) is 4.74 Å². The summed E-state index contributed by atoms with van der Waals surface area (Å²) in [5, 5.41) is 7.35. The Morgan fingerprint density at radius 1 is 0.967 bits per heavy atom. The largest absolute Gasteiger partial charge is 0.497 e.